The Morgan fingerprint density at radius 3 is 2.62 bits per heavy atom. The first-order chi connectivity index (χ1) is 9.83. The van der Waals surface area contributed by atoms with Crippen LogP contribution >= 0.6 is 11.6 Å². The van der Waals surface area contributed by atoms with Crippen molar-refractivity contribution >= 4 is 17.6 Å². The lowest BCUT2D eigenvalue weighted by atomic mass is 9.80. The summed E-state index contributed by atoms with van der Waals surface area (Å²) in [5.41, 5.74) is -0.350. The molecule has 0 spiro atoms. The predicted octanol–water partition coefficient (Wildman–Crippen LogP) is 1.48. The van der Waals surface area contributed by atoms with Crippen LogP contribution in [0, 0.1) is 0 Å². The van der Waals surface area contributed by atoms with E-state index in [1.165, 1.54) is 0 Å². The SMILES string of the molecule is C[C@@]1(CC(=O)O)c2ccc(Cl)cc2-c2[nH]c(=O)c(=O)[nH]c21. The molecule has 7 heteroatoms. The first-order valence-electron chi connectivity index (χ1n) is 6.22. The summed E-state index contributed by atoms with van der Waals surface area (Å²) in [5, 5.41) is 9.64. The summed E-state index contributed by atoms with van der Waals surface area (Å²) in [7, 11) is 0. The topological polar surface area (TPSA) is 103 Å². The van der Waals surface area contributed by atoms with Crippen molar-refractivity contribution in [1.82, 2.24) is 9.97 Å². The van der Waals surface area contributed by atoms with Crippen molar-refractivity contribution in [3.63, 3.8) is 0 Å². The second-order valence-corrected chi connectivity index (χ2v) is 5.69. The molecule has 1 aliphatic rings. The number of hydrogen-bond acceptors (Lipinski definition) is 3. The molecule has 0 amide bonds. The number of hydrogen-bond donors (Lipinski definition) is 3. The number of rotatable bonds is 2. The van der Waals surface area contributed by atoms with Gasteiger partial charge in [-0.3, -0.25) is 14.4 Å². The molecule has 0 radical (unpaired) electrons. The van der Waals surface area contributed by atoms with Crippen LogP contribution in [0.3, 0.4) is 0 Å². The van der Waals surface area contributed by atoms with Crippen molar-refractivity contribution in [3.8, 4) is 11.3 Å². The normalized spacial score (nSPS) is 19.1. The Morgan fingerprint density at radius 1 is 1.29 bits per heavy atom. The van der Waals surface area contributed by atoms with Gasteiger partial charge in [-0.15, -0.1) is 0 Å². The van der Waals surface area contributed by atoms with E-state index >= 15 is 0 Å². The van der Waals surface area contributed by atoms with Gasteiger partial charge < -0.3 is 15.1 Å². The maximum absolute atomic E-state index is 11.6. The summed E-state index contributed by atoms with van der Waals surface area (Å²) < 4.78 is 0. The highest BCUT2D eigenvalue weighted by Crippen LogP contribution is 2.48. The average molecular weight is 307 g/mol. The van der Waals surface area contributed by atoms with Crippen LogP contribution in [-0.2, 0) is 10.2 Å². The van der Waals surface area contributed by atoms with E-state index < -0.39 is 22.5 Å². The largest absolute Gasteiger partial charge is 0.481 e. The van der Waals surface area contributed by atoms with Crippen LogP contribution in [0.5, 0.6) is 0 Å². The maximum atomic E-state index is 11.6. The van der Waals surface area contributed by atoms with Gasteiger partial charge in [0, 0.05) is 16.0 Å². The van der Waals surface area contributed by atoms with Crippen molar-refractivity contribution in [2.75, 3.05) is 0 Å². The van der Waals surface area contributed by atoms with Gasteiger partial charge in [0.1, 0.15) is 0 Å². The molecule has 1 aromatic carbocycles. The number of carboxylic acid groups (broad SMARTS) is 1. The average Bonchev–Trinajstić information content (AvgIpc) is 2.60. The molecule has 1 heterocycles. The standard InChI is InChI=1S/C14H11ClN2O4/c1-14(5-9(18)19)8-3-2-6(15)4-7(8)10-11(14)17-13(21)12(20)16-10/h2-4H,5H2,1H3,(H,16,20)(H,17,21)(H,18,19)/t14-/m1/s1. The fourth-order valence-corrected chi connectivity index (χ4v) is 3.08. The Bertz CT molecular complexity index is 883. The van der Waals surface area contributed by atoms with Crippen molar-refractivity contribution in [1.29, 1.82) is 0 Å². The van der Waals surface area contributed by atoms with Crippen LogP contribution in [0.4, 0.5) is 0 Å². The zero-order chi connectivity index (χ0) is 15.4. The van der Waals surface area contributed by atoms with Gasteiger partial charge in [-0.2, -0.15) is 0 Å². The number of nitrogens with one attached hydrogen (secondary N) is 2. The lowest BCUT2D eigenvalue weighted by Crippen LogP contribution is -2.34. The molecule has 0 aliphatic heterocycles. The molecule has 21 heavy (non-hydrogen) atoms. The van der Waals surface area contributed by atoms with Gasteiger partial charge in [0.2, 0.25) is 0 Å². The van der Waals surface area contributed by atoms with E-state index in [-0.39, 0.29) is 6.42 Å². The highest BCUT2D eigenvalue weighted by molar-refractivity contribution is 6.31. The van der Waals surface area contributed by atoms with Crippen LogP contribution in [0.2, 0.25) is 5.02 Å². The zero-order valence-corrected chi connectivity index (χ0v) is 11.7. The summed E-state index contributed by atoms with van der Waals surface area (Å²) >= 11 is 5.98. The summed E-state index contributed by atoms with van der Waals surface area (Å²) in [5.74, 6) is -1.00. The number of aliphatic carboxylic acids is 1. The third-order valence-electron chi connectivity index (χ3n) is 3.84. The molecule has 0 fully saturated rings. The highest BCUT2D eigenvalue weighted by Gasteiger charge is 2.43. The minimum atomic E-state index is -1.00. The molecule has 0 saturated carbocycles. The first-order valence-corrected chi connectivity index (χ1v) is 6.60. The molecule has 3 rings (SSSR count). The van der Waals surface area contributed by atoms with Crippen LogP contribution in [0.1, 0.15) is 24.6 Å². The second-order valence-electron chi connectivity index (χ2n) is 5.25. The van der Waals surface area contributed by atoms with Gasteiger partial charge in [0.25, 0.3) is 0 Å². The molecule has 108 valence electrons. The molecule has 0 bridgehead atoms. The van der Waals surface area contributed by atoms with Crippen molar-refractivity contribution in [2.24, 2.45) is 0 Å². The summed E-state index contributed by atoms with van der Waals surface area (Å²) in [6.07, 6.45) is -0.212. The summed E-state index contributed by atoms with van der Waals surface area (Å²) in [4.78, 5) is 39.4. The molecular formula is C14H11ClN2O4. The fraction of sp³-hybridized carbons (Fsp3) is 0.214. The molecule has 0 unspecified atom stereocenters. The number of aromatic nitrogens is 2. The molecule has 6 nitrogen and oxygen atoms in total. The third kappa shape index (κ3) is 1.91. The van der Waals surface area contributed by atoms with E-state index in [0.29, 0.717) is 27.5 Å². The molecule has 1 aromatic heterocycles. The van der Waals surface area contributed by atoms with Gasteiger partial charge >= 0.3 is 17.1 Å². The molecular weight excluding hydrogens is 296 g/mol. The molecule has 3 N–H and O–H groups in total. The van der Waals surface area contributed by atoms with Crippen LogP contribution in [0.15, 0.2) is 27.8 Å². The lowest BCUT2D eigenvalue weighted by molar-refractivity contribution is -0.138. The van der Waals surface area contributed by atoms with Gasteiger partial charge in [-0.1, -0.05) is 17.7 Å². The van der Waals surface area contributed by atoms with Crippen molar-refractivity contribution in [3.05, 3.63) is 55.2 Å². The number of aromatic amines is 2. The van der Waals surface area contributed by atoms with Gasteiger partial charge in [0.05, 0.1) is 17.8 Å². The second kappa shape index (κ2) is 4.33. The third-order valence-corrected chi connectivity index (χ3v) is 4.07. The minimum absolute atomic E-state index is 0.212. The number of halogens is 1. The van der Waals surface area contributed by atoms with E-state index in [4.69, 9.17) is 11.6 Å². The van der Waals surface area contributed by atoms with Crippen LogP contribution < -0.4 is 11.1 Å². The van der Waals surface area contributed by atoms with E-state index in [1.807, 2.05) is 0 Å². The Balaban J connectivity index is 2.40. The zero-order valence-electron chi connectivity index (χ0n) is 11.0. The number of carbonyl (C=O) groups is 1. The smallest absolute Gasteiger partial charge is 0.314 e. The van der Waals surface area contributed by atoms with Crippen LogP contribution in [0.25, 0.3) is 11.3 Å². The Labute approximate surface area is 123 Å². The lowest BCUT2D eigenvalue weighted by Gasteiger charge is -2.24. The Hall–Kier alpha value is -2.34. The Morgan fingerprint density at radius 2 is 1.95 bits per heavy atom. The van der Waals surface area contributed by atoms with E-state index in [0.717, 1.165) is 0 Å². The fourth-order valence-electron chi connectivity index (χ4n) is 2.91. The highest BCUT2D eigenvalue weighted by atomic mass is 35.5. The van der Waals surface area contributed by atoms with E-state index in [9.17, 15) is 19.5 Å². The monoisotopic (exact) mass is 306 g/mol. The summed E-state index contributed by atoms with van der Waals surface area (Å²) in [6.45, 7) is 1.72. The van der Waals surface area contributed by atoms with E-state index in [2.05, 4.69) is 9.97 Å². The van der Waals surface area contributed by atoms with Crippen LogP contribution in [-0.4, -0.2) is 21.0 Å². The first kappa shape index (κ1) is 13.6. The molecule has 1 aliphatic carbocycles. The van der Waals surface area contributed by atoms with Crippen molar-refractivity contribution < 1.29 is 9.90 Å². The maximum Gasteiger partial charge on any atom is 0.314 e. The molecule has 0 saturated heterocycles. The van der Waals surface area contributed by atoms with Gasteiger partial charge in [0.15, 0.2) is 0 Å². The van der Waals surface area contributed by atoms with Gasteiger partial charge in [-0.05, 0) is 24.6 Å². The molecule has 2 aromatic rings. The number of H-pyrrole nitrogens is 2. The summed E-state index contributed by atoms with van der Waals surface area (Å²) in [6, 6.07) is 5.02. The quantitative estimate of drug-likeness (QED) is 0.731. The molecule has 1 atom stereocenters. The van der Waals surface area contributed by atoms with E-state index in [1.54, 1.807) is 25.1 Å². The predicted molar refractivity (Wildman–Crippen MR) is 76.8 cm³/mol. The minimum Gasteiger partial charge on any atom is -0.481 e. The van der Waals surface area contributed by atoms with Crippen molar-refractivity contribution in [2.45, 2.75) is 18.8 Å². The Kier molecular flexibility index (Phi) is 2.81. The number of fused-ring (bicyclic) bond motifs is 3. The number of benzene rings is 1. The number of carboxylic acids is 1. The van der Waals surface area contributed by atoms with Gasteiger partial charge in [-0.25, -0.2) is 0 Å².